The van der Waals surface area contributed by atoms with Crippen molar-refractivity contribution in [1.82, 2.24) is 15.0 Å². The van der Waals surface area contributed by atoms with Gasteiger partial charge in [-0.1, -0.05) is 17.7 Å². The van der Waals surface area contributed by atoms with Crippen molar-refractivity contribution in [2.45, 2.75) is 32.2 Å². The predicted molar refractivity (Wildman–Crippen MR) is 80.1 cm³/mol. The van der Waals surface area contributed by atoms with E-state index in [9.17, 15) is 0 Å². The minimum absolute atomic E-state index is 0.499. The van der Waals surface area contributed by atoms with E-state index >= 15 is 0 Å². The van der Waals surface area contributed by atoms with Gasteiger partial charge in [-0.3, -0.25) is 4.98 Å². The van der Waals surface area contributed by atoms with E-state index in [0.717, 1.165) is 29.3 Å². The lowest BCUT2D eigenvalue weighted by atomic mass is 10.2. The number of pyridine rings is 1. The molecule has 2 aromatic heterocycles. The summed E-state index contributed by atoms with van der Waals surface area (Å²) in [6.07, 6.45) is 5.99. The smallest absolute Gasteiger partial charge is 0.137 e. The van der Waals surface area contributed by atoms with E-state index in [1.165, 1.54) is 12.8 Å². The van der Waals surface area contributed by atoms with E-state index in [0.29, 0.717) is 11.1 Å². The molecule has 0 aliphatic heterocycles. The fourth-order valence-electron chi connectivity index (χ4n) is 2.23. The Bertz CT molecular complexity index is 611. The lowest BCUT2D eigenvalue weighted by Crippen LogP contribution is -2.20. The van der Waals surface area contributed by atoms with Gasteiger partial charge < -0.3 is 4.90 Å². The number of hydrogen-bond acceptors (Lipinski definition) is 4. The van der Waals surface area contributed by atoms with Crippen molar-refractivity contribution in [2.75, 3.05) is 11.9 Å². The van der Waals surface area contributed by atoms with Crippen molar-refractivity contribution in [1.29, 1.82) is 0 Å². The molecule has 0 radical (unpaired) electrons. The van der Waals surface area contributed by atoms with Gasteiger partial charge in [0.05, 0.1) is 0 Å². The average molecular weight is 289 g/mol. The number of nitrogens with zero attached hydrogens (tertiary/aromatic N) is 4. The summed E-state index contributed by atoms with van der Waals surface area (Å²) in [4.78, 5) is 15.3. The van der Waals surface area contributed by atoms with Crippen LogP contribution in [0.3, 0.4) is 0 Å². The van der Waals surface area contributed by atoms with Gasteiger partial charge in [0.2, 0.25) is 0 Å². The van der Waals surface area contributed by atoms with Gasteiger partial charge in [-0.25, -0.2) is 9.97 Å². The second-order valence-electron chi connectivity index (χ2n) is 5.31. The Morgan fingerprint density at radius 3 is 2.80 bits per heavy atom. The van der Waals surface area contributed by atoms with Crippen LogP contribution >= 0.6 is 11.6 Å². The molecule has 20 heavy (non-hydrogen) atoms. The highest BCUT2D eigenvalue weighted by atomic mass is 35.5. The molecule has 0 aromatic carbocycles. The molecule has 1 aliphatic rings. The standard InChI is InChI=1S/C15H17ClN4/c1-10-13(16)18-14(12-5-6-12)19-15(10)20(2)9-11-4-3-7-17-8-11/h3-4,7-8,12H,5-6,9H2,1-2H3. The highest BCUT2D eigenvalue weighted by Crippen LogP contribution is 2.39. The summed E-state index contributed by atoms with van der Waals surface area (Å²) >= 11 is 6.25. The third-order valence-corrected chi connectivity index (χ3v) is 3.89. The topological polar surface area (TPSA) is 41.9 Å². The van der Waals surface area contributed by atoms with Crippen LogP contribution in [0.1, 0.15) is 35.7 Å². The Hall–Kier alpha value is -1.68. The molecule has 0 N–H and O–H groups in total. The largest absolute Gasteiger partial charge is 0.355 e. The molecule has 4 nitrogen and oxygen atoms in total. The molecular formula is C15H17ClN4. The maximum atomic E-state index is 6.25. The number of hydrogen-bond donors (Lipinski definition) is 0. The summed E-state index contributed by atoms with van der Waals surface area (Å²) in [6, 6.07) is 4.00. The van der Waals surface area contributed by atoms with Gasteiger partial charge in [-0.15, -0.1) is 0 Å². The Kier molecular flexibility index (Phi) is 3.57. The molecule has 1 saturated carbocycles. The molecule has 0 atom stereocenters. The zero-order valence-electron chi connectivity index (χ0n) is 11.7. The van der Waals surface area contributed by atoms with Gasteiger partial charge >= 0.3 is 0 Å². The van der Waals surface area contributed by atoms with Crippen molar-refractivity contribution in [3.63, 3.8) is 0 Å². The first-order chi connectivity index (χ1) is 9.65. The first kappa shape index (κ1) is 13.3. The summed E-state index contributed by atoms with van der Waals surface area (Å²) < 4.78 is 0. The van der Waals surface area contributed by atoms with Crippen LogP contribution < -0.4 is 4.90 Å². The Morgan fingerprint density at radius 1 is 1.35 bits per heavy atom. The summed E-state index contributed by atoms with van der Waals surface area (Å²) in [5.74, 6) is 2.29. The van der Waals surface area contributed by atoms with Crippen LogP contribution in [-0.2, 0) is 6.54 Å². The fraction of sp³-hybridized carbons (Fsp3) is 0.400. The molecule has 1 fully saturated rings. The second kappa shape index (κ2) is 5.37. The maximum Gasteiger partial charge on any atom is 0.137 e. The predicted octanol–water partition coefficient (Wildman–Crippen LogP) is 3.35. The van der Waals surface area contributed by atoms with Gasteiger partial charge in [0.15, 0.2) is 0 Å². The van der Waals surface area contributed by atoms with Crippen molar-refractivity contribution < 1.29 is 0 Å². The van der Waals surface area contributed by atoms with Crippen LogP contribution in [-0.4, -0.2) is 22.0 Å². The van der Waals surface area contributed by atoms with Crippen molar-refractivity contribution in [3.05, 3.63) is 46.6 Å². The Morgan fingerprint density at radius 2 is 2.15 bits per heavy atom. The van der Waals surface area contributed by atoms with Crippen LogP contribution in [0.15, 0.2) is 24.5 Å². The van der Waals surface area contributed by atoms with Crippen LogP contribution in [0.5, 0.6) is 0 Å². The zero-order chi connectivity index (χ0) is 14.1. The second-order valence-corrected chi connectivity index (χ2v) is 5.67. The first-order valence-electron chi connectivity index (χ1n) is 6.79. The van der Waals surface area contributed by atoms with Crippen LogP contribution in [0.2, 0.25) is 5.15 Å². The zero-order valence-corrected chi connectivity index (χ0v) is 12.4. The maximum absolute atomic E-state index is 6.25. The third kappa shape index (κ3) is 2.75. The van der Waals surface area contributed by atoms with Crippen LogP contribution in [0, 0.1) is 6.92 Å². The first-order valence-corrected chi connectivity index (χ1v) is 7.17. The normalized spacial score (nSPS) is 14.3. The number of aromatic nitrogens is 3. The molecule has 0 bridgehead atoms. The summed E-state index contributed by atoms with van der Waals surface area (Å²) in [5, 5.41) is 0.565. The monoisotopic (exact) mass is 288 g/mol. The molecular weight excluding hydrogens is 272 g/mol. The van der Waals surface area contributed by atoms with Crippen molar-refractivity contribution in [3.8, 4) is 0 Å². The molecule has 2 aromatic rings. The van der Waals surface area contributed by atoms with Crippen LogP contribution in [0.4, 0.5) is 5.82 Å². The number of halogens is 1. The summed E-state index contributed by atoms with van der Waals surface area (Å²) in [7, 11) is 2.02. The van der Waals surface area contributed by atoms with Gasteiger partial charge in [0, 0.05) is 37.5 Å². The molecule has 0 unspecified atom stereocenters. The van der Waals surface area contributed by atoms with E-state index in [1.54, 1.807) is 6.20 Å². The molecule has 2 heterocycles. The van der Waals surface area contributed by atoms with Gasteiger partial charge in [-0.05, 0) is 31.4 Å². The van der Waals surface area contributed by atoms with Crippen LogP contribution in [0.25, 0.3) is 0 Å². The van der Waals surface area contributed by atoms with E-state index in [4.69, 9.17) is 16.6 Å². The van der Waals surface area contributed by atoms with Gasteiger partial charge in [0.25, 0.3) is 0 Å². The molecule has 1 aliphatic carbocycles. The van der Waals surface area contributed by atoms with E-state index in [2.05, 4.69) is 20.9 Å². The van der Waals surface area contributed by atoms with E-state index in [1.807, 2.05) is 26.2 Å². The van der Waals surface area contributed by atoms with Crippen molar-refractivity contribution >= 4 is 17.4 Å². The van der Waals surface area contributed by atoms with Gasteiger partial charge in [-0.2, -0.15) is 0 Å². The molecule has 104 valence electrons. The molecule has 0 amide bonds. The third-order valence-electron chi connectivity index (χ3n) is 3.52. The molecule has 3 rings (SSSR count). The Labute approximate surface area is 123 Å². The molecule has 5 heteroatoms. The minimum atomic E-state index is 0.499. The van der Waals surface area contributed by atoms with E-state index < -0.39 is 0 Å². The number of rotatable bonds is 4. The minimum Gasteiger partial charge on any atom is -0.355 e. The SMILES string of the molecule is Cc1c(Cl)nc(C2CC2)nc1N(C)Cc1cccnc1. The fourth-order valence-corrected chi connectivity index (χ4v) is 2.40. The summed E-state index contributed by atoms with van der Waals surface area (Å²) in [5.41, 5.74) is 2.08. The summed E-state index contributed by atoms with van der Waals surface area (Å²) in [6.45, 7) is 2.72. The van der Waals surface area contributed by atoms with Crippen molar-refractivity contribution in [2.24, 2.45) is 0 Å². The lowest BCUT2D eigenvalue weighted by Gasteiger charge is -2.21. The highest BCUT2D eigenvalue weighted by molar-refractivity contribution is 6.30. The quantitative estimate of drug-likeness (QED) is 0.809. The van der Waals surface area contributed by atoms with Gasteiger partial charge in [0.1, 0.15) is 16.8 Å². The molecule has 0 spiro atoms. The highest BCUT2D eigenvalue weighted by Gasteiger charge is 2.28. The van der Waals surface area contributed by atoms with E-state index in [-0.39, 0.29) is 0 Å². The lowest BCUT2D eigenvalue weighted by molar-refractivity contribution is 0.842. The molecule has 0 saturated heterocycles. The number of anilines is 1. The average Bonchev–Trinajstić information content (AvgIpc) is 3.27. The Balaban J connectivity index is 1.88.